The van der Waals surface area contributed by atoms with Crippen molar-refractivity contribution in [2.45, 2.75) is 82.2 Å². The van der Waals surface area contributed by atoms with Gasteiger partial charge in [-0.2, -0.15) is 0 Å². The van der Waals surface area contributed by atoms with E-state index in [1.165, 1.54) is 0 Å². The zero-order chi connectivity index (χ0) is 19.4. The van der Waals surface area contributed by atoms with E-state index in [-0.39, 0.29) is 35.1 Å². The third-order valence-electron chi connectivity index (χ3n) is 9.64. The second-order valence-corrected chi connectivity index (χ2v) is 10.3. The quantitative estimate of drug-likeness (QED) is 0.619. The van der Waals surface area contributed by atoms with Gasteiger partial charge in [0, 0.05) is 17.3 Å². The van der Waals surface area contributed by atoms with Gasteiger partial charge in [-0.1, -0.05) is 13.8 Å². The second kappa shape index (κ2) is 5.21. The number of hydrogen-bond acceptors (Lipinski definition) is 6. The molecule has 4 saturated carbocycles. The molecule has 5 rings (SSSR count). The average Bonchev–Trinajstić information content (AvgIpc) is 3.31. The predicted molar refractivity (Wildman–Crippen MR) is 94.7 cm³/mol. The van der Waals surface area contributed by atoms with Crippen molar-refractivity contribution in [3.63, 3.8) is 0 Å². The summed E-state index contributed by atoms with van der Waals surface area (Å²) in [6.45, 7) is 3.44. The number of rotatable bonds is 2. The van der Waals surface area contributed by atoms with Crippen molar-refractivity contribution in [2.75, 3.05) is 6.61 Å². The summed E-state index contributed by atoms with van der Waals surface area (Å²) in [7, 11) is 0. The Labute approximate surface area is 159 Å². The van der Waals surface area contributed by atoms with E-state index in [1.54, 1.807) is 0 Å². The molecule has 9 atom stereocenters. The largest absolute Gasteiger partial charge is 0.393 e. The van der Waals surface area contributed by atoms with Crippen LogP contribution in [0.5, 0.6) is 0 Å². The van der Waals surface area contributed by atoms with Gasteiger partial charge in [-0.05, 0) is 56.3 Å². The van der Waals surface area contributed by atoms with E-state index in [4.69, 9.17) is 4.74 Å². The van der Waals surface area contributed by atoms with Crippen LogP contribution in [0.1, 0.15) is 58.8 Å². The van der Waals surface area contributed by atoms with Crippen LogP contribution in [0.15, 0.2) is 0 Å². The van der Waals surface area contributed by atoms with E-state index >= 15 is 0 Å². The topological polar surface area (TPSA) is 107 Å². The van der Waals surface area contributed by atoms with Gasteiger partial charge in [-0.15, -0.1) is 0 Å². The van der Waals surface area contributed by atoms with Crippen molar-refractivity contribution in [1.29, 1.82) is 0 Å². The average molecular weight is 378 g/mol. The van der Waals surface area contributed by atoms with Crippen molar-refractivity contribution in [2.24, 2.45) is 28.6 Å². The number of hydrogen-bond donors (Lipinski definition) is 3. The van der Waals surface area contributed by atoms with Crippen LogP contribution in [-0.4, -0.2) is 56.9 Å². The summed E-state index contributed by atoms with van der Waals surface area (Å²) in [5.74, 6) is 0.0349. The van der Waals surface area contributed by atoms with E-state index in [2.05, 4.69) is 6.92 Å². The standard InChI is InChI=1S/C21H30O6/c1-18-6-5-13(23)17-21(18,27-17)8-3-11-12-4-7-20(26,15(25)10-22)19(12,2)9-14(24)16(11)18/h11-12,14,16-17,22,24,26H,3-10H2,1-2H3. The lowest BCUT2D eigenvalue weighted by molar-refractivity contribution is -0.198. The van der Waals surface area contributed by atoms with Crippen LogP contribution >= 0.6 is 0 Å². The van der Waals surface area contributed by atoms with Crippen LogP contribution in [-0.2, 0) is 14.3 Å². The van der Waals surface area contributed by atoms with Gasteiger partial charge in [-0.25, -0.2) is 0 Å². The molecule has 1 heterocycles. The fraction of sp³-hybridized carbons (Fsp3) is 0.905. The molecular weight excluding hydrogens is 348 g/mol. The highest BCUT2D eigenvalue weighted by atomic mass is 16.6. The minimum absolute atomic E-state index is 0.0222. The van der Waals surface area contributed by atoms with Gasteiger partial charge in [0.15, 0.2) is 11.6 Å². The van der Waals surface area contributed by atoms with Gasteiger partial charge < -0.3 is 20.1 Å². The van der Waals surface area contributed by atoms with E-state index < -0.39 is 35.1 Å². The lowest BCUT2D eigenvalue weighted by Gasteiger charge is -2.61. The molecule has 9 unspecified atom stereocenters. The number of fused-ring (bicyclic) bond motifs is 4. The smallest absolute Gasteiger partial charge is 0.190 e. The molecule has 0 bridgehead atoms. The van der Waals surface area contributed by atoms with Gasteiger partial charge in [0.2, 0.25) is 0 Å². The second-order valence-electron chi connectivity index (χ2n) is 10.3. The number of ketones is 2. The van der Waals surface area contributed by atoms with Crippen LogP contribution in [0.3, 0.4) is 0 Å². The minimum atomic E-state index is -1.56. The van der Waals surface area contributed by atoms with Crippen LogP contribution in [0.4, 0.5) is 0 Å². The monoisotopic (exact) mass is 378 g/mol. The lowest BCUT2D eigenvalue weighted by Crippen LogP contribution is -2.65. The van der Waals surface area contributed by atoms with Gasteiger partial charge in [0.05, 0.1) is 6.10 Å². The van der Waals surface area contributed by atoms with Gasteiger partial charge >= 0.3 is 0 Å². The molecule has 5 fully saturated rings. The zero-order valence-electron chi connectivity index (χ0n) is 16.1. The Morgan fingerprint density at radius 1 is 1.19 bits per heavy atom. The molecule has 150 valence electrons. The van der Waals surface area contributed by atoms with Crippen molar-refractivity contribution in [3.8, 4) is 0 Å². The predicted octanol–water partition coefficient (Wildman–Crippen LogP) is 0.993. The molecule has 1 spiro atoms. The number of ether oxygens (including phenoxy) is 1. The SMILES string of the molecule is CC12CC(O)C3C(CCC45OC4C(=O)CCC35C)C1CCC2(O)C(=O)CO. The first kappa shape index (κ1) is 18.2. The Bertz CT molecular complexity index is 721. The Morgan fingerprint density at radius 2 is 1.93 bits per heavy atom. The van der Waals surface area contributed by atoms with Gasteiger partial charge in [-0.3, -0.25) is 9.59 Å². The van der Waals surface area contributed by atoms with Crippen molar-refractivity contribution >= 4 is 11.6 Å². The van der Waals surface area contributed by atoms with E-state index in [9.17, 15) is 24.9 Å². The van der Waals surface area contributed by atoms with Crippen molar-refractivity contribution in [1.82, 2.24) is 0 Å². The molecule has 5 aliphatic rings. The van der Waals surface area contributed by atoms with Crippen LogP contribution in [0.25, 0.3) is 0 Å². The number of carbonyl (C=O) groups is 2. The molecule has 1 aliphatic heterocycles. The van der Waals surface area contributed by atoms with Gasteiger partial charge in [0.1, 0.15) is 23.9 Å². The number of carbonyl (C=O) groups excluding carboxylic acids is 2. The van der Waals surface area contributed by atoms with Crippen LogP contribution < -0.4 is 0 Å². The number of aliphatic hydroxyl groups excluding tert-OH is 2. The molecule has 6 heteroatoms. The summed E-state index contributed by atoms with van der Waals surface area (Å²) in [5, 5.41) is 31.9. The Hall–Kier alpha value is -0.820. The number of epoxide rings is 1. The number of aliphatic hydroxyl groups is 3. The van der Waals surface area contributed by atoms with E-state index in [0.29, 0.717) is 19.3 Å². The summed E-state index contributed by atoms with van der Waals surface area (Å²) in [6, 6.07) is 0. The fourth-order valence-corrected chi connectivity index (χ4v) is 8.21. The van der Waals surface area contributed by atoms with Crippen molar-refractivity contribution < 1.29 is 29.6 Å². The summed E-state index contributed by atoms with van der Waals surface area (Å²) in [5.41, 5.74) is -2.93. The summed E-state index contributed by atoms with van der Waals surface area (Å²) in [6.07, 6.45) is 3.41. The number of Topliss-reactive ketones (excluding diaryl/α,β-unsaturated/α-hetero) is 2. The molecule has 0 aromatic carbocycles. The highest BCUT2D eigenvalue weighted by Crippen LogP contribution is 2.73. The molecule has 6 nitrogen and oxygen atoms in total. The summed E-state index contributed by atoms with van der Waals surface area (Å²) < 4.78 is 6.02. The van der Waals surface area contributed by atoms with E-state index in [1.807, 2.05) is 6.92 Å². The Balaban J connectivity index is 1.53. The lowest BCUT2D eigenvalue weighted by atomic mass is 9.43. The highest BCUT2D eigenvalue weighted by Gasteiger charge is 2.78. The Morgan fingerprint density at radius 3 is 2.63 bits per heavy atom. The molecule has 0 aromatic heterocycles. The molecule has 1 saturated heterocycles. The molecule has 0 radical (unpaired) electrons. The van der Waals surface area contributed by atoms with E-state index in [0.717, 1.165) is 25.7 Å². The first-order valence-electron chi connectivity index (χ1n) is 10.4. The molecule has 0 aromatic rings. The molecule has 27 heavy (non-hydrogen) atoms. The minimum Gasteiger partial charge on any atom is -0.393 e. The first-order valence-corrected chi connectivity index (χ1v) is 10.4. The third-order valence-corrected chi connectivity index (χ3v) is 9.64. The zero-order valence-corrected chi connectivity index (χ0v) is 16.1. The van der Waals surface area contributed by atoms with Crippen LogP contribution in [0, 0.1) is 28.6 Å². The molecule has 4 aliphatic carbocycles. The Kier molecular flexibility index (Phi) is 3.51. The highest BCUT2D eigenvalue weighted by molar-refractivity contribution is 5.90. The maximum Gasteiger partial charge on any atom is 0.190 e. The molecular formula is C21H30O6. The maximum absolute atomic E-state index is 12.4. The summed E-state index contributed by atoms with van der Waals surface area (Å²) >= 11 is 0. The fourth-order valence-electron chi connectivity index (χ4n) is 8.21. The molecule has 0 amide bonds. The summed E-state index contributed by atoms with van der Waals surface area (Å²) in [4.78, 5) is 24.6. The van der Waals surface area contributed by atoms with Crippen LogP contribution in [0.2, 0.25) is 0 Å². The van der Waals surface area contributed by atoms with Gasteiger partial charge in [0.25, 0.3) is 0 Å². The maximum atomic E-state index is 12.4. The first-order chi connectivity index (χ1) is 12.6. The third kappa shape index (κ3) is 1.86. The normalized spacial score (nSPS) is 58.7. The molecule has 3 N–H and O–H groups in total. The van der Waals surface area contributed by atoms with Crippen molar-refractivity contribution in [3.05, 3.63) is 0 Å².